The van der Waals surface area contributed by atoms with Crippen molar-refractivity contribution in [1.29, 1.82) is 0 Å². The Morgan fingerprint density at radius 1 is 1.05 bits per heavy atom. The molecule has 2 fully saturated rings. The molecule has 8 heteroatoms. The molecule has 0 radical (unpaired) electrons. The number of esters is 2. The van der Waals surface area contributed by atoms with Crippen LogP contribution in [-0.4, -0.2) is 63.1 Å². The van der Waals surface area contributed by atoms with Crippen molar-refractivity contribution in [3.63, 3.8) is 0 Å². The Kier molecular flexibility index (Phi) is 8.50. The monoisotopic (exact) mass is 560 g/mol. The SMILES string of the molecule is CCCCCCCC(=O)O[C@@]12C[C@@H](C)[C@]34C=C(C)[C@H](OC(=O)CCC)[C@@]3(O)[C@H](O)C(CO)=C[C@H](C4=O)[C@@H]1C2(C)C. The van der Waals surface area contributed by atoms with Gasteiger partial charge in [-0.05, 0) is 43.3 Å². The van der Waals surface area contributed by atoms with E-state index >= 15 is 0 Å². The summed E-state index contributed by atoms with van der Waals surface area (Å²) < 4.78 is 12.1. The van der Waals surface area contributed by atoms with Crippen LogP contribution in [0.2, 0.25) is 0 Å². The number of carbonyl (C=O) groups is 3. The van der Waals surface area contributed by atoms with E-state index in [1.807, 2.05) is 27.7 Å². The Labute approximate surface area is 238 Å². The number of fused-ring (bicyclic) bond motifs is 3. The first-order valence-electron chi connectivity index (χ1n) is 15.2. The average molecular weight is 561 g/mol. The lowest BCUT2D eigenvalue weighted by Gasteiger charge is -2.49. The molecule has 0 aliphatic heterocycles. The minimum atomic E-state index is -2.22. The standard InChI is InChI=1S/C32H48O8/c1-7-9-10-11-12-14-24(35)40-31-17-20(4)30-16-19(3)28(39-23(34)13-8-2)32(30,38)26(36)21(18-33)15-22(27(30)37)25(31)29(31,5)6/h15-16,20,22,25-26,28,33,36,38H,7-14,17-18H2,1-6H3/t20-,22+,25-,26-,28+,30+,31+,32+/m1/s1. The molecule has 0 aromatic carbocycles. The molecule has 4 rings (SSSR count). The van der Waals surface area contributed by atoms with Gasteiger partial charge in [0, 0.05) is 30.1 Å². The number of ether oxygens (including phenoxy) is 2. The quantitative estimate of drug-likeness (QED) is 0.195. The number of aliphatic hydroxyl groups is 3. The molecule has 0 saturated heterocycles. The Balaban J connectivity index is 1.75. The molecule has 1 spiro atoms. The highest BCUT2D eigenvalue weighted by molar-refractivity contribution is 5.96. The number of allylic oxidation sites excluding steroid dienone is 1. The van der Waals surface area contributed by atoms with Crippen molar-refractivity contribution in [2.24, 2.45) is 28.6 Å². The van der Waals surface area contributed by atoms with Crippen LogP contribution in [0.15, 0.2) is 23.3 Å². The molecule has 8 nitrogen and oxygen atoms in total. The molecule has 0 aromatic heterocycles. The smallest absolute Gasteiger partial charge is 0.306 e. The number of carbonyl (C=O) groups excluding carboxylic acids is 3. The van der Waals surface area contributed by atoms with Crippen LogP contribution in [-0.2, 0) is 23.9 Å². The van der Waals surface area contributed by atoms with Crippen molar-refractivity contribution < 1.29 is 39.2 Å². The lowest BCUT2D eigenvalue weighted by Crippen LogP contribution is -2.66. The van der Waals surface area contributed by atoms with Gasteiger partial charge >= 0.3 is 11.9 Å². The van der Waals surface area contributed by atoms with Crippen LogP contribution in [0.1, 0.15) is 99.3 Å². The van der Waals surface area contributed by atoms with E-state index in [0.717, 1.165) is 32.1 Å². The normalized spacial score (nSPS) is 39.2. The highest BCUT2D eigenvalue weighted by Crippen LogP contribution is 2.75. The van der Waals surface area contributed by atoms with E-state index in [9.17, 15) is 29.7 Å². The highest BCUT2D eigenvalue weighted by atomic mass is 16.6. The molecular weight excluding hydrogens is 512 g/mol. The Hall–Kier alpha value is -2.03. The third kappa shape index (κ3) is 4.31. The number of ketones is 1. The lowest BCUT2D eigenvalue weighted by atomic mass is 9.59. The van der Waals surface area contributed by atoms with Crippen LogP contribution in [0, 0.1) is 28.6 Å². The third-order valence-corrected chi connectivity index (χ3v) is 10.5. The first-order chi connectivity index (χ1) is 18.8. The summed E-state index contributed by atoms with van der Waals surface area (Å²) in [5.41, 5.74) is -4.70. The Bertz CT molecular complexity index is 1090. The predicted molar refractivity (Wildman–Crippen MR) is 149 cm³/mol. The number of hydrogen-bond donors (Lipinski definition) is 3. The lowest BCUT2D eigenvalue weighted by molar-refractivity contribution is -0.204. The molecule has 0 aromatic rings. The third-order valence-electron chi connectivity index (χ3n) is 10.5. The molecule has 224 valence electrons. The second kappa shape index (κ2) is 11.0. The van der Waals surface area contributed by atoms with E-state index in [1.165, 1.54) is 0 Å². The van der Waals surface area contributed by atoms with E-state index < -0.39 is 58.7 Å². The molecule has 0 unspecified atom stereocenters. The molecule has 4 aliphatic carbocycles. The van der Waals surface area contributed by atoms with E-state index in [4.69, 9.17) is 9.47 Å². The van der Waals surface area contributed by atoms with Crippen LogP contribution >= 0.6 is 0 Å². The molecule has 4 aliphatic rings. The zero-order valence-electron chi connectivity index (χ0n) is 25.0. The average Bonchev–Trinajstić information content (AvgIpc) is 3.29. The van der Waals surface area contributed by atoms with Crippen molar-refractivity contribution in [3.8, 4) is 0 Å². The van der Waals surface area contributed by atoms with Crippen molar-refractivity contribution in [2.45, 2.75) is 123 Å². The van der Waals surface area contributed by atoms with Crippen molar-refractivity contribution in [3.05, 3.63) is 23.3 Å². The van der Waals surface area contributed by atoms with Crippen LogP contribution in [0.4, 0.5) is 0 Å². The Morgan fingerprint density at radius 3 is 2.35 bits per heavy atom. The number of rotatable bonds is 11. The fourth-order valence-corrected chi connectivity index (χ4v) is 8.42. The maximum absolute atomic E-state index is 14.7. The molecule has 0 heterocycles. The topological polar surface area (TPSA) is 130 Å². The number of hydrogen-bond acceptors (Lipinski definition) is 8. The largest absolute Gasteiger partial charge is 0.458 e. The Morgan fingerprint density at radius 2 is 1.73 bits per heavy atom. The van der Waals surface area contributed by atoms with Gasteiger partial charge in [-0.1, -0.05) is 72.5 Å². The summed E-state index contributed by atoms with van der Waals surface area (Å²) in [5.74, 6) is -2.88. The van der Waals surface area contributed by atoms with Crippen LogP contribution in [0.3, 0.4) is 0 Å². The van der Waals surface area contributed by atoms with Gasteiger partial charge in [-0.2, -0.15) is 0 Å². The fourth-order valence-electron chi connectivity index (χ4n) is 8.42. The fraction of sp³-hybridized carbons (Fsp3) is 0.781. The molecular formula is C32H48O8. The number of unbranched alkanes of at least 4 members (excludes halogenated alkanes) is 4. The van der Waals surface area contributed by atoms with E-state index in [-0.39, 0.29) is 29.7 Å². The summed E-state index contributed by atoms with van der Waals surface area (Å²) in [6, 6.07) is 0. The zero-order chi connectivity index (χ0) is 29.7. The van der Waals surface area contributed by atoms with Gasteiger partial charge in [-0.15, -0.1) is 0 Å². The van der Waals surface area contributed by atoms with Gasteiger partial charge in [0.15, 0.2) is 17.5 Å². The van der Waals surface area contributed by atoms with Crippen LogP contribution in [0.5, 0.6) is 0 Å². The maximum Gasteiger partial charge on any atom is 0.306 e. The number of Topliss-reactive ketones (excluding diaryl/α,β-unsaturated/α-hetero) is 1. The summed E-state index contributed by atoms with van der Waals surface area (Å²) >= 11 is 0. The summed E-state index contributed by atoms with van der Waals surface area (Å²) in [4.78, 5) is 40.4. The minimum absolute atomic E-state index is 0.107. The van der Waals surface area contributed by atoms with Crippen LogP contribution in [0.25, 0.3) is 0 Å². The van der Waals surface area contributed by atoms with Gasteiger partial charge in [0.25, 0.3) is 0 Å². The van der Waals surface area contributed by atoms with E-state index in [1.54, 1.807) is 19.1 Å². The van der Waals surface area contributed by atoms with Crippen molar-refractivity contribution >= 4 is 17.7 Å². The summed E-state index contributed by atoms with van der Waals surface area (Å²) in [6.45, 7) is 10.9. The number of aliphatic hydroxyl groups excluding tert-OH is 2. The first kappa shape index (κ1) is 30.9. The van der Waals surface area contributed by atoms with E-state index in [2.05, 4.69) is 6.92 Å². The van der Waals surface area contributed by atoms with Gasteiger partial charge in [0.1, 0.15) is 11.7 Å². The van der Waals surface area contributed by atoms with E-state index in [0.29, 0.717) is 24.8 Å². The predicted octanol–water partition coefficient (Wildman–Crippen LogP) is 4.19. The van der Waals surface area contributed by atoms with Crippen molar-refractivity contribution in [1.82, 2.24) is 0 Å². The zero-order valence-corrected chi connectivity index (χ0v) is 25.0. The molecule has 2 bridgehead atoms. The van der Waals surface area contributed by atoms with Gasteiger partial charge < -0.3 is 24.8 Å². The first-order valence-corrected chi connectivity index (χ1v) is 15.2. The molecule has 40 heavy (non-hydrogen) atoms. The summed E-state index contributed by atoms with van der Waals surface area (Å²) in [5, 5.41) is 34.5. The molecule has 2 saturated carbocycles. The van der Waals surface area contributed by atoms with Gasteiger partial charge in [-0.3, -0.25) is 14.4 Å². The summed E-state index contributed by atoms with van der Waals surface area (Å²) in [6.07, 6.45) is 6.68. The maximum atomic E-state index is 14.7. The van der Waals surface area contributed by atoms with Gasteiger partial charge in [0.05, 0.1) is 12.0 Å². The second-order valence-electron chi connectivity index (χ2n) is 13.2. The summed E-state index contributed by atoms with van der Waals surface area (Å²) in [7, 11) is 0. The van der Waals surface area contributed by atoms with Gasteiger partial charge in [0.2, 0.25) is 0 Å². The van der Waals surface area contributed by atoms with Crippen LogP contribution < -0.4 is 0 Å². The second-order valence-corrected chi connectivity index (χ2v) is 13.2. The molecule has 3 N–H and O–H groups in total. The minimum Gasteiger partial charge on any atom is -0.458 e. The van der Waals surface area contributed by atoms with Gasteiger partial charge in [-0.25, -0.2) is 0 Å². The van der Waals surface area contributed by atoms with Crippen molar-refractivity contribution in [2.75, 3.05) is 6.61 Å². The molecule has 0 amide bonds. The highest BCUT2D eigenvalue weighted by Gasteiger charge is 2.83. The molecule has 8 atom stereocenters.